The Morgan fingerprint density at radius 3 is 2.19 bits per heavy atom. The van der Waals surface area contributed by atoms with Gasteiger partial charge in [0.2, 0.25) is 5.91 Å². The Labute approximate surface area is 124 Å². The van der Waals surface area contributed by atoms with Crippen LogP contribution in [0, 0.1) is 5.92 Å². The van der Waals surface area contributed by atoms with Gasteiger partial charge in [-0.15, -0.1) is 0 Å². The van der Waals surface area contributed by atoms with E-state index in [0.717, 1.165) is 18.4 Å². The van der Waals surface area contributed by atoms with Crippen molar-refractivity contribution in [1.82, 2.24) is 5.32 Å². The van der Waals surface area contributed by atoms with Crippen molar-refractivity contribution in [2.24, 2.45) is 5.92 Å². The van der Waals surface area contributed by atoms with Gasteiger partial charge < -0.3 is 10.4 Å². The van der Waals surface area contributed by atoms with E-state index in [1.165, 1.54) is 11.1 Å². The summed E-state index contributed by atoms with van der Waals surface area (Å²) in [5, 5.41) is 12.5. The highest BCUT2D eigenvalue weighted by Gasteiger charge is 2.28. The molecule has 0 aromatic heterocycles. The average molecular weight is 281 g/mol. The third-order valence-electron chi connectivity index (χ3n) is 4.12. The fourth-order valence-corrected chi connectivity index (χ4v) is 2.95. The summed E-state index contributed by atoms with van der Waals surface area (Å²) in [4.78, 5) is 12.4. The molecule has 108 valence electrons. The number of benzene rings is 2. The van der Waals surface area contributed by atoms with Gasteiger partial charge in [-0.2, -0.15) is 0 Å². The number of hydrogen-bond donors (Lipinski definition) is 2. The molecule has 2 N–H and O–H groups in total. The molecule has 0 saturated heterocycles. The van der Waals surface area contributed by atoms with Crippen LogP contribution in [0.25, 0.3) is 0 Å². The van der Waals surface area contributed by atoms with Gasteiger partial charge in [0.15, 0.2) is 0 Å². The van der Waals surface area contributed by atoms with Crippen LogP contribution >= 0.6 is 0 Å². The summed E-state index contributed by atoms with van der Waals surface area (Å²) < 4.78 is 0. The van der Waals surface area contributed by atoms with E-state index in [1.54, 1.807) is 0 Å². The first-order chi connectivity index (χ1) is 10.3. The third kappa shape index (κ3) is 2.98. The quantitative estimate of drug-likeness (QED) is 0.903. The minimum atomic E-state index is -0.331. The number of hydrogen-bond acceptors (Lipinski definition) is 2. The number of amides is 1. The lowest BCUT2D eigenvalue weighted by molar-refractivity contribution is -0.125. The predicted octanol–water partition coefficient (Wildman–Crippen LogP) is 2.25. The first-order valence-corrected chi connectivity index (χ1v) is 7.31. The summed E-state index contributed by atoms with van der Waals surface area (Å²) in [5.41, 5.74) is 3.46. The number of rotatable bonds is 4. The van der Waals surface area contributed by atoms with Crippen molar-refractivity contribution in [2.45, 2.75) is 18.9 Å². The van der Waals surface area contributed by atoms with Crippen LogP contribution in [0.3, 0.4) is 0 Å². The van der Waals surface area contributed by atoms with E-state index in [0.29, 0.717) is 0 Å². The van der Waals surface area contributed by atoms with Gasteiger partial charge in [-0.1, -0.05) is 54.6 Å². The molecule has 0 fully saturated rings. The largest absolute Gasteiger partial charge is 0.394 e. The monoisotopic (exact) mass is 281 g/mol. The second-order valence-corrected chi connectivity index (χ2v) is 5.53. The van der Waals surface area contributed by atoms with Gasteiger partial charge >= 0.3 is 0 Å². The van der Waals surface area contributed by atoms with E-state index in [2.05, 4.69) is 17.4 Å². The van der Waals surface area contributed by atoms with Crippen LogP contribution in [0.2, 0.25) is 0 Å². The highest BCUT2D eigenvalue weighted by molar-refractivity contribution is 5.80. The Balaban J connectivity index is 1.67. The van der Waals surface area contributed by atoms with Crippen LogP contribution in [-0.2, 0) is 17.6 Å². The lowest BCUT2D eigenvalue weighted by atomic mass is 10.0. The minimum Gasteiger partial charge on any atom is -0.394 e. The van der Waals surface area contributed by atoms with Crippen LogP contribution in [-0.4, -0.2) is 17.6 Å². The molecule has 0 aliphatic heterocycles. The predicted molar refractivity (Wildman–Crippen MR) is 81.8 cm³/mol. The first kappa shape index (κ1) is 13.8. The van der Waals surface area contributed by atoms with E-state index in [-0.39, 0.29) is 24.5 Å². The molecular formula is C18H19NO2. The Hall–Kier alpha value is -2.13. The topological polar surface area (TPSA) is 49.3 Å². The van der Waals surface area contributed by atoms with Crippen LogP contribution < -0.4 is 5.32 Å². The molecule has 2 aromatic carbocycles. The van der Waals surface area contributed by atoms with Gasteiger partial charge in [0.1, 0.15) is 0 Å². The van der Waals surface area contributed by atoms with Crippen molar-refractivity contribution in [3.8, 4) is 0 Å². The van der Waals surface area contributed by atoms with Gasteiger partial charge in [0.05, 0.1) is 12.6 Å². The molecule has 0 saturated carbocycles. The second kappa shape index (κ2) is 6.10. The van der Waals surface area contributed by atoms with Crippen molar-refractivity contribution in [3.05, 3.63) is 71.3 Å². The molecule has 3 heteroatoms. The molecule has 0 heterocycles. The van der Waals surface area contributed by atoms with Crippen LogP contribution in [0.1, 0.15) is 22.7 Å². The SMILES string of the molecule is O=C(N[C@H](CO)c1ccccc1)C1Cc2ccccc2C1. The molecular weight excluding hydrogens is 262 g/mol. The van der Waals surface area contributed by atoms with Crippen molar-refractivity contribution in [2.75, 3.05) is 6.61 Å². The number of nitrogens with one attached hydrogen (secondary N) is 1. The van der Waals surface area contributed by atoms with Gasteiger partial charge in [0, 0.05) is 5.92 Å². The standard InChI is InChI=1S/C18H19NO2/c20-12-17(13-6-2-1-3-7-13)19-18(21)16-10-14-8-4-5-9-15(14)11-16/h1-9,16-17,20H,10-12H2,(H,19,21)/t17-/m1/s1. The van der Waals surface area contributed by atoms with E-state index in [1.807, 2.05) is 42.5 Å². The number of carbonyl (C=O) groups excluding carboxylic acids is 1. The van der Waals surface area contributed by atoms with E-state index in [9.17, 15) is 9.90 Å². The second-order valence-electron chi connectivity index (χ2n) is 5.53. The van der Waals surface area contributed by atoms with E-state index in [4.69, 9.17) is 0 Å². The van der Waals surface area contributed by atoms with Crippen molar-refractivity contribution < 1.29 is 9.90 Å². The zero-order valence-electron chi connectivity index (χ0n) is 11.8. The maximum atomic E-state index is 12.4. The summed E-state index contributed by atoms with van der Waals surface area (Å²) in [7, 11) is 0. The van der Waals surface area contributed by atoms with Crippen LogP contribution in [0.15, 0.2) is 54.6 Å². The van der Waals surface area contributed by atoms with Crippen LogP contribution in [0.4, 0.5) is 0 Å². The fraction of sp³-hybridized carbons (Fsp3) is 0.278. The molecule has 0 spiro atoms. The maximum Gasteiger partial charge on any atom is 0.224 e. The molecule has 0 bridgehead atoms. The lowest BCUT2D eigenvalue weighted by Gasteiger charge is -2.19. The zero-order chi connectivity index (χ0) is 14.7. The van der Waals surface area contributed by atoms with Gasteiger partial charge in [0.25, 0.3) is 0 Å². The molecule has 21 heavy (non-hydrogen) atoms. The summed E-state index contributed by atoms with van der Waals surface area (Å²) in [6.07, 6.45) is 1.57. The highest BCUT2D eigenvalue weighted by atomic mass is 16.3. The molecule has 3 nitrogen and oxygen atoms in total. The molecule has 2 aromatic rings. The fourth-order valence-electron chi connectivity index (χ4n) is 2.95. The molecule has 0 radical (unpaired) electrons. The van der Waals surface area contributed by atoms with Gasteiger partial charge in [-0.05, 0) is 29.5 Å². The number of fused-ring (bicyclic) bond motifs is 1. The Bertz CT molecular complexity index is 599. The minimum absolute atomic E-state index is 0.0223. The summed E-state index contributed by atoms with van der Waals surface area (Å²) in [6, 6.07) is 17.5. The molecule has 1 atom stereocenters. The first-order valence-electron chi connectivity index (χ1n) is 7.31. The average Bonchev–Trinajstić information content (AvgIpc) is 2.97. The highest BCUT2D eigenvalue weighted by Crippen LogP contribution is 2.27. The van der Waals surface area contributed by atoms with Gasteiger partial charge in [-0.25, -0.2) is 0 Å². The Morgan fingerprint density at radius 1 is 1.05 bits per heavy atom. The molecule has 1 amide bonds. The zero-order valence-corrected chi connectivity index (χ0v) is 11.8. The van der Waals surface area contributed by atoms with E-state index >= 15 is 0 Å². The molecule has 1 aliphatic rings. The van der Waals surface area contributed by atoms with Crippen LogP contribution in [0.5, 0.6) is 0 Å². The normalized spacial score (nSPS) is 15.5. The van der Waals surface area contributed by atoms with Crippen molar-refractivity contribution in [1.29, 1.82) is 0 Å². The summed E-state index contributed by atoms with van der Waals surface area (Å²) in [5.74, 6) is -0.00531. The van der Waals surface area contributed by atoms with Gasteiger partial charge in [-0.3, -0.25) is 4.79 Å². The molecule has 0 unspecified atom stereocenters. The number of aliphatic hydroxyl groups excluding tert-OH is 1. The Kier molecular flexibility index (Phi) is 4.02. The third-order valence-corrected chi connectivity index (χ3v) is 4.12. The Morgan fingerprint density at radius 2 is 1.62 bits per heavy atom. The van der Waals surface area contributed by atoms with E-state index < -0.39 is 0 Å². The summed E-state index contributed by atoms with van der Waals surface area (Å²) in [6.45, 7) is -0.0879. The number of aliphatic hydroxyl groups is 1. The number of carbonyl (C=O) groups is 1. The van der Waals surface area contributed by atoms with Crippen molar-refractivity contribution in [3.63, 3.8) is 0 Å². The smallest absolute Gasteiger partial charge is 0.224 e. The molecule has 1 aliphatic carbocycles. The lowest BCUT2D eigenvalue weighted by Crippen LogP contribution is -2.36. The summed E-state index contributed by atoms with van der Waals surface area (Å²) >= 11 is 0. The van der Waals surface area contributed by atoms with Crippen molar-refractivity contribution >= 4 is 5.91 Å². The maximum absolute atomic E-state index is 12.4. The molecule has 3 rings (SSSR count).